The molecule has 0 bridgehead atoms. The molecule has 3 nitrogen and oxygen atoms in total. The molecule has 1 heterocycles. The Balaban J connectivity index is 1.97. The summed E-state index contributed by atoms with van der Waals surface area (Å²) in [6, 6.07) is 1.86. The molecule has 1 saturated carbocycles. The molecule has 15 heavy (non-hydrogen) atoms. The predicted octanol–water partition coefficient (Wildman–Crippen LogP) is 2.71. The first kappa shape index (κ1) is 10.6. The van der Waals surface area contributed by atoms with E-state index in [1.54, 1.807) is 6.07 Å². The highest BCUT2D eigenvalue weighted by Gasteiger charge is 2.35. The van der Waals surface area contributed by atoms with Gasteiger partial charge in [0.15, 0.2) is 0 Å². The number of carbonyl (C=O) groups is 1. The molecule has 3 atom stereocenters. The van der Waals surface area contributed by atoms with Crippen LogP contribution in [0.4, 0.5) is 0 Å². The second-order valence-corrected chi connectivity index (χ2v) is 4.60. The van der Waals surface area contributed by atoms with E-state index in [9.17, 15) is 4.79 Å². The Morgan fingerprint density at radius 3 is 2.80 bits per heavy atom. The summed E-state index contributed by atoms with van der Waals surface area (Å²) >= 11 is 5.72. The van der Waals surface area contributed by atoms with Crippen molar-refractivity contribution >= 4 is 17.5 Å². The second-order valence-electron chi connectivity index (χ2n) is 4.26. The Labute approximate surface area is 93.8 Å². The normalized spacial score (nSPS) is 29.7. The smallest absolute Gasteiger partial charge is 0.256 e. The van der Waals surface area contributed by atoms with Crippen molar-refractivity contribution in [3.63, 3.8) is 0 Å². The Morgan fingerprint density at radius 1 is 1.60 bits per heavy atom. The molecule has 1 amide bonds. The Morgan fingerprint density at radius 2 is 2.33 bits per heavy atom. The van der Waals surface area contributed by atoms with Gasteiger partial charge in [-0.25, -0.2) is 0 Å². The summed E-state index contributed by atoms with van der Waals surface area (Å²) < 4.78 is 4.87. The zero-order valence-corrected chi connectivity index (χ0v) is 9.54. The lowest BCUT2D eigenvalue weighted by atomic mass is 9.71. The van der Waals surface area contributed by atoms with Crippen LogP contribution in [0.5, 0.6) is 0 Å². The standard InChI is InChI=1S/C11H14ClNO2/c1-6-5-9(7(6)2)13-11(14)8-3-4-15-10(8)12/h3-4,6-7,9H,5H2,1-2H3,(H,13,14). The van der Waals surface area contributed by atoms with Crippen molar-refractivity contribution in [3.05, 3.63) is 23.1 Å². The van der Waals surface area contributed by atoms with Gasteiger partial charge in [-0.15, -0.1) is 0 Å². The van der Waals surface area contributed by atoms with Gasteiger partial charge in [0, 0.05) is 6.04 Å². The van der Waals surface area contributed by atoms with E-state index in [0.29, 0.717) is 17.4 Å². The molecule has 1 aliphatic rings. The summed E-state index contributed by atoms with van der Waals surface area (Å²) in [5, 5.41) is 3.12. The Kier molecular flexibility index (Phi) is 2.74. The first-order valence-corrected chi connectivity index (χ1v) is 5.51. The summed E-state index contributed by atoms with van der Waals surface area (Å²) in [6.07, 6.45) is 2.46. The molecule has 0 aromatic carbocycles. The highest BCUT2D eigenvalue weighted by atomic mass is 35.5. The van der Waals surface area contributed by atoms with Crippen molar-refractivity contribution in [2.45, 2.75) is 26.3 Å². The van der Waals surface area contributed by atoms with Crippen molar-refractivity contribution in [2.24, 2.45) is 11.8 Å². The van der Waals surface area contributed by atoms with Gasteiger partial charge in [-0.3, -0.25) is 4.79 Å². The summed E-state index contributed by atoms with van der Waals surface area (Å²) in [5.41, 5.74) is 0.420. The molecule has 4 heteroatoms. The van der Waals surface area contributed by atoms with Gasteiger partial charge in [0.2, 0.25) is 5.22 Å². The van der Waals surface area contributed by atoms with E-state index in [4.69, 9.17) is 16.0 Å². The van der Waals surface area contributed by atoms with E-state index in [0.717, 1.165) is 6.42 Å². The van der Waals surface area contributed by atoms with Crippen LogP contribution in [-0.4, -0.2) is 11.9 Å². The van der Waals surface area contributed by atoms with E-state index in [1.165, 1.54) is 6.26 Å². The van der Waals surface area contributed by atoms with Gasteiger partial charge in [0.25, 0.3) is 5.91 Å². The molecule has 0 saturated heterocycles. The molecule has 0 aliphatic heterocycles. The van der Waals surface area contributed by atoms with Crippen molar-refractivity contribution in [1.29, 1.82) is 0 Å². The minimum Gasteiger partial charge on any atom is -0.452 e. The van der Waals surface area contributed by atoms with Crippen LogP contribution < -0.4 is 5.32 Å². The van der Waals surface area contributed by atoms with Gasteiger partial charge in [0.05, 0.1) is 11.8 Å². The third kappa shape index (κ3) is 1.88. The number of hydrogen-bond acceptors (Lipinski definition) is 2. The van der Waals surface area contributed by atoms with Crippen LogP contribution in [0.15, 0.2) is 16.7 Å². The molecule has 1 aliphatic carbocycles. The molecule has 0 spiro atoms. The average molecular weight is 228 g/mol. The summed E-state index contributed by atoms with van der Waals surface area (Å²) in [4.78, 5) is 11.7. The first-order chi connectivity index (χ1) is 7.09. The van der Waals surface area contributed by atoms with Gasteiger partial charge < -0.3 is 9.73 Å². The SMILES string of the molecule is CC1CC(NC(=O)c2ccoc2Cl)C1C. The number of amides is 1. The van der Waals surface area contributed by atoms with Gasteiger partial charge in [-0.2, -0.15) is 0 Å². The number of halogens is 1. The second kappa shape index (κ2) is 3.89. The molecule has 1 aromatic heterocycles. The van der Waals surface area contributed by atoms with E-state index in [2.05, 4.69) is 19.2 Å². The van der Waals surface area contributed by atoms with Crippen LogP contribution in [0, 0.1) is 11.8 Å². The molecule has 3 unspecified atom stereocenters. The maximum absolute atomic E-state index is 11.7. The van der Waals surface area contributed by atoms with E-state index in [-0.39, 0.29) is 17.2 Å². The van der Waals surface area contributed by atoms with Crippen molar-refractivity contribution in [3.8, 4) is 0 Å². The largest absolute Gasteiger partial charge is 0.452 e. The molecule has 1 fully saturated rings. The minimum absolute atomic E-state index is 0.141. The molecule has 1 aromatic rings. The molecular weight excluding hydrogens is 214 g/mol. The van der Waals surface area contributed by atoms with Crippen LogP contribution in [-0.2, 0) is 0 Å². The van der Waals surface area contributed by atoms with Crippen molar-refractivity contribution in [2.75, 3.05) is 0 Å². The van der Waals surface area contributed by atoms with Crippen LogP contribution in [0.1, 0.15) is 30.6 Å². The molecule has 2 rings (SSSR count). The third-order valence-corrected chi connectivity index (χ3v) is 3.63. The summed E-state index contributed by atoms with van der Waals surface area (Å²) in [7, 11) is 0. The number of nitrogens with one attached hydrogen (secondary N) is 1. The summed E-state index contributed by atoms with van der Waals surface area (Å²) in [6.45, 7) is 4.34. The fourth-order valence-corrected chi connectivity index (χ4v) is 2.12. The third-order valence-electron chi connectivity index (χ3n) is 3.34. The fourth-order valence-electron chi connectivity index (χ4n) is 1.92. The zero-order valence-electron chi connectivity index (χ0n) is 8.79. The van der Waals surface area contributed by atoms with Crippen molar-refractivity contribution < 1.29 is 9.21 Å². The van der Waals surface area contributed by atoms with Crippen molar-refractivity contribution in [1.82, 2.24) is 5.32 Å². The van der Waals surface area contributed by atoms with E-state index in [1.807, 2.05) is 0 Å². The highest BCUT2D eigenvalue weighted by Crippen LogP contribution is 2.33. The lowest BCUT2D eigenvalue weighted by Crippen LogP contribution is -2.50. The maximum Gasteiger partial charge on any atom is 0.256 e. The monoisotopic (exact) mass is 227 g/mol. The molecule has 82 valence electrons. The zero-order chi connectivity index (χ0) is 11.0. The number of rotatable bonds is 2. The van der Waals surface area contributed by atoms with Crippen LogP contribution in [0.25, 0.3) is 0 Å². The predicted molar refractivity (Wildman–Crippen MR) is 57.9 cm³/mol. The van der Waals surface area contributed by atoms with E-state index < -0.39 is 0 Å². The van der Waals surface area contributed by atoms with Crippen LogP contribution in [0.2, 0.25) is 5.22 Å². The number of carbonyl (C=O) groups excluding carboxylic acids is 1. The quantitative estimate of drug-likeness (QED) is 0.844. The summed E-state index contributed by atoms with van der Waals surface area (Å²) in [5.74, 6) is 1.09. The maximum atomic E-state index is 11.7. The fraction of sp³-hybridized carbons (Fsp3) is 0.545. The van der Waals surface area contributed by atoms with Gasteiger partial charge >= 0.3 is 0 Å². The lowest BCUT2D eigenvalue weighted by molar-refractivity contribution is 0.0806. The minimum atomic E-state index is -0.141. The number of furan rings is 1. The Bertz CT molecular complexity index is 374. The van der Waals surface area contributed by atoms with Crippen LogP contribution in [0.3, 0.4) is 0 Å². The number of hydrogen-bond donors (Lipinski definition) is 1. The lowest BCUT2D eigenvalue weighted by Gasteiger charge is -2.41. The molecule has 1 N–H and O–H groups in total. The Hall–Kier alpha value is -0.960. The van der Waals surface area contributed by atoms with Gasteiger partial charge in [0.1, 0.15) is 0 Å². The highest BCUT2D eigenvalue weighted by molar-refractivity contribution is 6.32. The topological polar surface area (TPSA) is 42.2 Å². The van der Waals surface area contributed by atoms with Gasteiger partial charge in [-0.05, 0) is 35.9 Å². The molecular formula is C11H14ClNO2. The molecule has 0 radical (unpaired) electrons. The first-order valence-electron chi connectivity index (χ1n) is 5.13. The van der Waals surface area contributed by atoms with Gasteiger partial charge in [-0.1, -0.05) is 13.8 Å². The van der Waals surface area contributed by atoms with E-state index >= 15 is 0 Å². The van der Waals surface area contributed by atoms with Crippen LogP contribution >= 0.6 is 11.6 Å². The average Bonchev–Trinajstić information content (AvgIpc) is 2.63.